The van der Waals surface area contributed by atoms with Crippen LogP contribution in [0, 0.1) is 11.6 Å². The van der Waals surface area contributed by atoms with Crippen molar-refractivity contribution in [2.45, 2.75) is 6.54 Å². The lowest BCUT2D eigenvalue weighted by molar-refractivity contribution is 0.415. The number of halogens is 2. The van der Waals surface area contributed by atoms with Gasteiger partial charge in [-0.25, -0.2) is 8.78 Å². The van der Waals surface area contributed by atoms with E-state index < -0.39 is 11.6 Å². The summed E-state index contributed by atoms with van der Waals surface area (Å²) in [4.78, 5) is 0. The summed E-state index contributed by atoms with van der Waals surface area (Å²) >= 11 is 0. The lowest BCUT2D eigenvalue weighted by Gasteiger charge is -2.09. The molecular formula is C14H13F2NO. The van der Waals surface area contributed by atoms with Crippen LogP contribution in [0.4, 0.5) is 14.5 Å². The Morgan fingerprint density at radius 1 is 1.11 bits per heavy atom. The van der Waals surface area contributed by atoms with Gasteiger partial charge in [0.05, 0.1) is 7.11 Å². The van der Waals surface area contributed by atoms with Crippen molar-refractivity contribution >= 4 is 5.69 Å². The summed E-state index contributed by atoms with van der Waals surface area (Å²) in [6, 6.07) is 11.4. The fourth-order valence-corrected chi connectivity index (χ4v) is 1.62. The first-order valence-electron chi connectivity index (χ1n) is 5.51. The van der Waals surface area contributed by atoms with Crippen LogP contribution in [-0.4, -0.2) is 7.11 Å². The highest BCUT2D eigenvalue weighted by atomic mass is 19.2. The number of benzene rings is 2. The number of hydrogen-bond donors (Lipinski definition) is 1. The predicted octanol–water partition coefficient (Wildman–Crippen LogP) is 3.59. The van der Waals surface area contributed by atoms with Crippen molar-refractivity contribution in [2.75, 3.05) is 12.4 Å². The van der Waals surface area contributed by atoms with Crippen molar-refractivity contribution < 1.29 is 13.5 Å². The Balaban J connectivity index is 2.09. The lowest BCUT2D eigenvalue weighted by atomic mass is 10.2. The summed E-state index contributed by atoms with van der Waals surface area (Å²) in [5.41, 5.74) is 1.08. The smallest absolute Gasteiger partial charge is 0.163 e. The average Bonchev–Trinajstić information content (AvgIpc) is 2.41. The molecule has 0 radical (unpaired) electrons. The zero-order valence-corrected chi connectivity index (χ0v) is 9.91. The van der Waals surface area contributed by atoms with Gasteiger partial charge in [-0.3, -0.25) is 0 Å². The largest absolute Gasteiger partial charge is 0.497 e. The molecule has 0 spiro atoms. The second-order valence-corrected chi connectivity index (χ2v) is 3.80. The van der Waals surface area contributed by atoms with E-state index in [0.29, 0.717) is 5.75 Å². The molecule has 2 nitrogen and oxygen atoms in total. The van der Waals surface area contributed by atoms with E-state index in [2.05, 4.69) is 5.32 Å². The maximum Gasteiger partial charge on any atom is 0.163 e. The minimum Gasteiger partial charge on any atom is -0.497 e. The average molecular weight is 249 g/mol. The van der Waals surface area contributed by atoms with E-state index in [1.165, 1.54) is 6.07 Å². The predicted molar refractivity (Wildman–Crippen MR) is 66.7 cm³/mol. The summed E-state index contributed by atoms with van der Waals surface area (Å²) in [6.45, 7) is 0.219. The van der Waals surface area contributed by atoms with Crippen molar-refractivity contribution in [1.29, 1.82) is 0 Å². The Labute approximate surface area is 104 Å². The summed E-state index contributed by atoms with van der Waals surface area (Å²) < 4.78 is 31.5. The van der Waals surface area contributed by atoms with Crippen LogP contribution >= 0.6 is 0 Å². The Morgan fingerprint density at radius 3 is 2.67 bits per heavy atom. The number of rotatable bonds is 4. The summed E-state index contributed by atoms with van der Waals surface area (Å²) in [5, 5.41) is 3.02. The minimum absolute atomic E-state index is 0.219. The number of hydrogen-bond acceptors (Lipinski definition) is 2. The van der Waals surface area contributed by atoms with Crippen molar-refractivity contribution in [3.8, 4) is 5.75 Å². The van der Waals surface area contributed by atoms with Crippen LogP contribution in [0.3, 0.4) is 0 Å². The van der Waals surface area contributed by atoms with Gasteiger partial charge in [-0.2, -0.15) is 0 Å². The van der Waals surface area contributed by atoms with Crippen LogP contribution in [0.15, 0.2) is 42.5 Å². The van der Waals surface area contributed by atoms with Gasteiger partial charge in [0.15, 0.2) is 11.6 Å². The van der Waals surface area contributed by atoms with E-state index >= 15 is 0 Å². The Bertz CT molecular complexity index is 543. The normalized spacial score (nSPS) is 10.2. The molecule has 0 atom stereocenters. The van der Waals surface area contributed by atoms with Crippen LogP contribution in [0.1, 0.15) is 5.56 Å². The molecule has 0 bridgehead atoms. The molecule has 0 aliphatic heterocycles. The third-order valence-corrected chi connectivity index (χ3v) is 2.58. The van der Waals surface area contributed by atoms with Crippen LogP contribution in [-0.2, 0) is 6.54 Å². The summed E-state index contributed by atoms with van der Waals surface area (Å²) in [7, 11) is 1.57. The molecule has 0 heterocycles. The standard InChI is InChI=1S/C14H13F2NO/c1-18-12-6-3-5-11(8-12)17-9-10-4-2-7-13(15)14(10)16/h2-8,17H,9H2,1H3. The Hall–Kier alpha value is -2.10. The number of ether oxygens (including phenoxy) is 1. The number of nitrogens with one attached hydrogen (secondary N) is 1. The van der Waals surface area contributed by atoms with Crippen molar-refractivity contribution in [3.05, 3.63) is 59.7 Å². The van der Waals surface area contributed by atoms with Gasteiger partial charge in [-0.15, -0.1) is 0 Å². The highest BCUT2D eigenvalue weighted by Crippen LogP contribution is 2.18. The molecule has 0 aliphatic rings. The third-order valence-electron chi connectivity index (χ3n) is 2.58. The van der Waals surface area contributed by atoms with E-state index in [-0.39, 0.29) is 12.1 Å². The molecule has 2 aromatic carbocycles. The highest BCUT2D eigenvalue weighted by Gasteiger charge is 2.06. The lowest BCUT2D eigenvalue weighted by Crippen LogP contribution is -2.03. The molecule has 2 rings (SSSR count). The van der Waals surface area contributed by atoms with Crippen LogP contribution in [0.25, 0.3) is 0 Å². The van der Waals surface area contributed by atoms with Gasteiger partial charge < -0.3 is 10.1 Å². The first-order chi connectivity index (χ1) is 8.70. The quantitative estimate of drug-likeness (QED) is 0.894. The molecule has 0 saturated heterocycles. The molecule has 18 heavy (non-hydrogen) atoms. The second kappa shape index (κ2) is 5.49. The zero-order chi connectivity index (χ0) is 13.0. The van der Waals surface area contributed by atoms with Gasteiger partial charge in [-0.1, -0.05) is 18.2 Å². The van der Waals surface area contributed by atoms with E-state index in [1.54, 1.807) is 19.2 Å². The minimum atomic E-state index is -0.833. The number of anilines is 1. The van der Waals surface area contributed by atoms with Crippen LogP contribution in [0.2, 0.25) is 0 Å². The van der Waals surface area contributed by atoms with Crippen LogP contribution in [0.5, 0.6) is 5.75 Å². The van der Waals surface area contributed by atoms with E-state index in [0.717, 1.165) is 11.8 Å². The second-order valence-electron chi connectivity index (χ2n) is 3.80. The fraction of sp³-hybridized carbons (Fsp3) is 0.143. The number of methoxy groups -OCH3 is 1. The molecule has 94 valence electrons. The van der Waals surface area contributed by atoms with E-state index in [9.17, 15) is 8.78 Å². The van der Waals surface area contributed by atoms with Gasteiger partial charge in [0.1, 0.15) is 5.75 Å². The maximum absolute atomic E-state index is 13.4. The topological polar surface area (TPSA) is 21.3 Å². The molecular weight excluding hydrogens is 236 g/mol. The summed E-state index contributed by atoms with van der Waals surface area (Å²) in [6.07, 6.45) is 0. The van der Waals surface area contributed by atoms with Gasteiger partial charge in [0.2, 0.25) is 0 Å². The highest BCUT2D eigenvalue weighted by molar-refractivity contribution is 5.48. The summed E-state index contributed by atoms with van der Waals surface area (Å²) in [5.74, 6) is -0.937. The van der Waals surface area contributed by atoms with E-state index in [1.807, 2.05) is 18.2 Å². The first kappa shape index (κ1) is 12.4. The molecule has 0 fully saturated rings. The molecule has 0 saturated carbocycles. The monoisotopic (exact) mass is 249 g/mol. The van der Waals surface area contributed by atoms with E-state index in [4.69, 9.17) is 4.74 Å². The molecule has 2 aromatic rings. The Morgan fingerprint density at radius 2 is 1.89 bits per heavy atom. The van der Waals surface area contributed by atoms with Gasteiger partial charge in [0, 0.05) is 23.9 Å². The van der Waals surface area contributed by atoms with Crippen molar-refractivity contribution in [2.24, 2.45) is 0 Å². The molecule has 0 unspecified atom stereocenters. The van der Waals surface area contributed by atoms with Gasteiger partial charge >= 0.3 is 0 Å². The molecule has 0 aliphatic carbocycles. The molecule has 0 aromatic heterocycles. The molecule has 1 N–H and O–H groups in total. The SMILES string of the molecule is COc1cccc(NCc2cccc(F)c2F)c1. The molecule has 0 amide bonds. The fourth-order valence-electron chi connectivity index (χ4n) is 1.62. The third kappa shape index (κ3) is 2.77. The zero-order valence-electron chi connectivity index (χ0n) is 9.91. The first-order valence-corrected chi connectivity index (χ1v) is 5.51. The van der Waals surface area contributed by atoms with Crippen molar-refractivity contribution in [3.63, 3.8) is 0 Å². The van der Waals surface area contributed by atoms with Gasteiger partial charge in [-0.05, 0) is 18.2 Å². The molecule has 4 heteroatoms. The van der Waals surface area contributed by atoms with Gasteiger partial charge in [0.25, 0.3) is 0 Å². The maximum atomic E-state index is 13.4. The Kier molecular flexibility index (Phi) is 3.77. The van der Waals surface area contributed by atoms with Crippen molar-refractivity contribution in [1.82, 2.24) is 0 Å². The van der Waals surface area contributed by atoms with Crippen LogP contribution < -0.4 is 10.1 Å².